The first-order chi connectivity index (χ1) is 11.5. The highest BCUT2D eigenvalue weighted by atomic mass is 35.5. The first kappa shape index (κ1) is 18.9. The monoisotopic (exact) mass is 406 g/mol. The zero-order chi connectivity index (χ0) is 18.9. The van der Waals surface area contributed by atoms with Crippen molar-refractivity contribution in [3.05, 3.63) is 66.2 Å². The summed E-state index contributed by atoms with van der Waals surface area (Å²) in [5.41, 5.74) is -0.861. The van der Waals surface area contributed by atoms with E-state index < -0.39 is 42.0 Å². The van der Waals surface area contributed by atoms with Crippen molar-refractivity contribution < 1.29 is 22.4 Å². The summed E-state index contributed by atoms with van der Waals surface area (Å²) in [5, 5.41) is 21.3. The lowest BCUT2D eigenvalue weighted by molar-refractivity contribution is -0.387. The second-order valence-corrected chi connectivity index (χ2v) is 7.09. The number of nitrogens with zero attached hydrogens (tertiary/aromatic N) is 2. The van der Waals surface area contributed by atoms with Crippen LogP contribution in [-0.4, -0.2) is 18.3 Å². The molecule has 0 unspecified atom stereocenters. The number of halogens is 2. The third-order valence-electron chi connectivity index (χ3n) is 2.98. The molecule has 2 rings (SSSR count). The lowest BCUT2D eigenvalue weighted by Crippen LogP contribution is -2.12. The van der Waals surface area contributed by atoms with Gasteiger partial charge in [0.1, 0.15) is 5.02 Å². The van der Waals surface area contributed by atoms with E-state index in [0.29, 0.717) is 5.56 Å². The summed E-state index contributed by atoms with van der Waals surface area (Å²) in [6.07, 6.45) is 0. The zero-order valence-electron chi connectivity index (χ0n) is 12.3. The Kier molecular flexibility index (Phi) is 5.16. The fourth-order valence-corrected chi connectivity index (χ4v) is 3.49. The molecule has 0 saturated carbocycles. The molecule has 25 heavy (non-hydrogen) atoms. The normalized spacial score (nSPS) is 11.2. The van der Waals surface area contributed by atoms with Crippen molar-refractivity contribution in [2.24, 2.45) is 0 Å². The highest BCUT2D eigenvalue weighted by Crippen LogP contribution is 2.37. The maximum absolute atomic E-state index is 12.4. The first-order valence-corrected chi connectivity index (χ1v) is 8.52. The van der Waals surface area contributed by atoms with Gasteiger partial charge in [-0.05, 0) is 24.6 Å². The molecule has 0 bridgehead atoms. The quantitative estimate of drug-likeness (QED) is 0.418. The van der Waals surface area contributed by atoms with Crippen molar-refractivity contribution in [3.8, 4) is 5.75 Å². The van der Waals surface area contributed by atoms with Crippen LogP contribution in [0.5, 0.6) is 5.75 Å². The van der Waals surface area contributed by atoms with Gasteiger partial charge in [0, 0.05) is 6.07 Å². The Hall–Kier alpha value is -2.43. The SMILES string of the molecule is Cc1ccc(S(=O)(=O)Oc2cc([N+](=O)[O-])c(Cl)cc2Cl)c([N+](=O)[O-])c1. The minimum absolute atomic E-state index is 0.311. The lowest BCUT2D eigenvalue weighted by atomic mass is 10.2. The second kappa shape index (κ2) is 6.82. The Morgan fingerprint density at radius 1 is 0.960 bits per heavy atom. The van der Waals surface area contributed by atoms with E-state index >= 15 is 0 Å². The number of aryl methyl sites for hydroxylation is 1. The molecule has 0 aromatic heterocycles. The van der Waals surface area contributed by atoms with Gasteiger partial charge in [0.05, 0.1) is 20.9 Å². The van der Waals surface area contributed by atoms with E-state index in [1.165, 1.54) is 6.07 Å². The average Bonchev–Trinajstić information content (AvgIpc) is 2.49. The summed E-state index contributed by atoms with van der Waals surface area (Å²) in [5.74, 6) is -0.576. The Morgan fingerprint density at radius 2 is 1.56 bits per heavy atom. The first-order valence-electron chi connectivity index (χ1n) is 6.36. The van der Waals surface area contributed by atoms with Gasteiger partial charge in [-0.2, -0.15) is 8.42 Å². The Labute approximate surface area is 151 Å². The fraction of sp³-hybridized carbons (Fsp3) is 0.0769. The van der Waals surface area contributed by atoms with Crippen molar-refractivity contribution in [2.75, 3.05) is 0 Å². The molecule has 2 aromatic rings. The van der Waals surface area contributed by atoms with Gasteiger partial charge in [0.15, 0.2) is 10.6 Å². The van der Waals surface area contributed by atoms with Crippen LogP contribution in [0.3, 0.4) is 0 Å². The lowest BCUT2D eigenvalue weighted by Gasteiger charge is -2.09. The molecule has 0 amide bonds. The van der Waals surface area contributed by atoms with Crippen molar-refractivity contribution >= 4 is 44.7 Å². The van der Waals surface area contributed by atoms with Gasteiger partial charge < -0.3 is 4.18 Å². The van der Waals surface area contributed by atoms with Crippen LogP contribution in [0.1, 0.15) is 5.56 Å². The second-order valence-electron chi connectivity index (χ2n) is 4.76. The topological polar surface area (TPSA) is 130 Å². The molecule has 0 saturated heterocycles. The molecule has 2 aromatic carbocycles. The molecule has 132 valence electrons. The Bertz CT molecular complexity index is 992. The van der Waals surface area contributed by atoms with E-state index in [9.17, 15) is 28.6 Å². The number of nitro groups is 2. The van der Waals surface area contributed by atoms with Crippen molar-refractivity contribution in [1.29, 1.82) is 0 Å². The maximum atomic E-state index is 12.4. The van der Waals surface area contributed by atoms with E-state index in [1.807, 2.05) is 0 Å². The van der Waals surface area contributed by atoms with Gasteiger partial charge in [-0.25, -0.2) is 0 Å². The molecule has 0 aliphatic heterocycles. The fourth-order valence-electron chi connectivity index (χ4n) is 1.87. The third kappa shape index (κ3) is 3.98. The van der Waals surface area contributed by atoms with Gasteiger partial charge in [0.25, 0.3) is 11.4 Å². The average molecular weight is 407 g/mol. The molecule has 0 aliphatic rings. The van der Waals surface area contributed by atoms with E-state index in [1.54, 1.807) is 6.92 Å². The van der Waals surface area contributed by atoms with Crippen LogP contribution in [0.4, 0.5) is 11.4 Å². The molecule has 9 nitrogen and oxygen atoms in total. The van der Waals surface area contributed by atoms with Crippen LogP contribution in [0.2, 0.25) is 10.0 Å². The number of hydrogen-bond acceptors (Lipinski definition) is 7. The molecule has 0 fully saturated rings. The summed E-state index contributed by atoms with van der Waals surface area (Å²) < 4.78 is 29.5. The summed E-state index contributed by atoms with van der Waals surface area (Å²) in [6.45, 7) is 1.55. The van der Waals surface area contributed by atoms with Crippen molar-refractivity contribution in [3.63, 3.8) is 0 Å². The molecule has 0 N–H and O–H groups in total. The van der Waals surface area contributed by atoms with Gasteiger partial charge >= 0.3 is 10.1 Å². The molecular formula is C13H8Cl2N2O7S. The summed E-state index contributed by atoms with van der Waals surface area (Å²) >= 11 is 11.4. The van der Waals surface area contributed by atoms with Gasteiger partial charge in [0.2, 0.25) is 0 Å². The molecular weight excluding hydrogens is 399 g/mol. The number of benzene rings is 2. The van der Waals surface area contributed by atoms with E-state index in [4.69, 9.17) is 27.4 Å². The Morgan fingerprint density at radius 3 is 2.12 bits per heavy atom. The van der Waals surface area contributed by atoms with E-state index in [-0.39, 0.29) is 10.0 Å². The molecule has 12 heteroatoms. The standard InChI is InChI=1S/C13H8Cl2N2O7S/c1-7-2-3-13(11(4-7)17(20)21)25(22,23)24-12-6-10(16(18)19)8(14)5-9(12)15/h2-6H,1H3. The van der Waals surface area contributed by atoms with Crippen molar-refractivity contribution in [1.82, 2.24) is 0 Å². The molecule has 0 radical (unpaired) electrons. The zero-order valence-corrected chi connectivity index (χ0v) is 14.6. The van der Waals surface area contributed by atoms with Crippen LogP contribution in [0.25, 0.3) is 0 Å². The van der Waals surface area contributed by atoms with Gasteiger partial charge in [-0.3, -0.25) is 20.2 Å². The minimum Gasteiger partial charge on any atom is -0.377 e. The molecule has 0 aliphatic carbocycles. The van der Waals surface area contributed by atoms with Crippen LogP contribution in [-0.2, 0) is 10.1 Å². The maximum Gasteiger partial charge on any atom is 0.346 e. The van der Waals surface area contributed by atoms with Gasteiger partial charge in [-0.1, -0.05) is 29.3 Å². The largest absolute Gasteiger partial charge is 0.377 e. The summed E-state index contributed by atoms with van der Waals surface area (Å²) in [4.78, 5) is 19.5. The molecule has 0 atom stereocenters. The number of hydrogen-bond donors (Lipinski definition) is 0. The van der Waals surface area contributed by atoms with E-state index in [0.717, 1.165) is 24.3 Å². The van der Waals surface area contributed by atoms with Crippen LogP contribution in [0, 0.1) is 27.2 Å². The highest BCUT2D eigenvalue weighted by molar-refractivity contribution is 7.87. The predicted molar refractivity (Wildman–Crippen MR) is 88.8 cm³/mol. The summed E-state index contributed by atoms with van der Waals surface area (Å²) in [6, 6.07) is 5.07. The third-order valence-corrected chi connectivity index (χ3v) is 4.86. The number of nitro benzene ring substituents is 2. The van der Waals surface area contributed by atoms with Crippen LogP contribution < -0.4 is 4.18 Å². The van der Waals surface area contributed by atoms with Crippen molar-refractivity contribution in [2.45, 2.75) is 11.8 Å². The molecule has 0 spiro atoms. The smallest absolute Gasteiger partial charge is 0.346 e. The van der Waals surface area contributed by atoms with Crippen LogP contribution in [0.15, 0.2) is 35.2 Å². The van der Waals surface area contributed by atoms with Gasteiger partial charge in [-0.15, -0.1) is 0 Å². The summed E-state index contributed by atoms with van der Waals surface area (Å²) in [7, 11) is -4.68. The Balaban J connectivity index is 2.56. The van der Waals surface area contributed by atoms with Crippen LogP contribution >= 0.6 is 23.2 Å². The number of rotatable bonds is 5. The predicted octanol–water partition coefficient (Wildman–Crippen LogP) is 3.89. The minimum atomic E-state index is -4.68. The highest BCUT2D eigenvalue weighted by Gasteiger charge is 2.29. The van der Waals surface area contributed by atoms with E-state index in [2.05, 4.69) is 0 Å². The molecule has 0 heterocycles.